The average Bonchev–Trinajstić information content (AvgIpc) is 3.13. The number of morpholine rings is 1. The van der Waals surface area contributed by atoms with Gasteiger partial charge in [0.15, 0.2) is 5.82 Å². The summed E-state index contributed by atoms with van der Waals surface area (Å²) in [5.41, 5.74) is 1.57. The number of anilines is 2. The normalized spacial score (nSPS) is 16.8. The molecule has 1 atom stereocenters. The van der Waals surface area contributed by atoms with Gasteiger partial charge in [-0.3, -0.25) is 4.18 Å². The molecule has 0 bridgehead atoms. The van der Waals surface area contributed by atoms with Gasteiger partial charge in [0.25, 0.3) is 16.0 Å². The lowest BCUT2D eigenvalue weighted by atomic mass is 9.85. The zero-order valence-corrected chi connectivity index (χ0v) is 29.5. The number of benzene rings is 2. The molecule has 2 N–H and O–H groups in total. The number of likely N-dealkylation sites (tertiary alicyclic amines) is 1. The number of piperidine rings is 1. The Labute approximate surface area is 292 Å². The summed E-state index contributed by atoms with van der Waals surface area (Å²) in [5, 5.41) is 23.0. The Morgan fingerprint density at radius 1 is 1.02 bits per heavy atom. The third-order valence-electron chi connectivity index (χ3n) is 9.40. The van der Waals surface area contributed by atoms with Gasteiger partial charge in [-0.25, -0.2) is 13.6 Å². The van der Waals surface area contributed by atoms with Crippen molar-refractivity contribution in [1.29, 1.82) is 0 Å². The molecule has 50 heavy (non-hydrogen) atoms. The predicted molar refractivity (Wildman–Crippen MR) is 187 cm³/mol. The van der Waals surface area contributed by atoms with Crippen molar-refractivity contribution >= 4 is 38.5 Å². The molecule has 0 aliphatic carbocycles. The molecule has 12 nitrogen and oxygen atoms in total. The second kappa shape index (κ2) is 16.9. The van der Waals surface area contributed by atoms with E-state index in [4.69, 9.17) is 13.7 Å². The second-order valence-electron chi connectivity index (χ2n) is 12.8. The summed E-state index contributed by atoms with van der Waals surface area (Å²) in [6.07, 6.45) is 2.12. The van der Waals surface area contributed by atoms with E-state index in [2.05, 4.69) is 20.4 Å². The van der Waals surface area contributed by atoms with E-state index in [9.17, 15) is 18.3 Å². The summed E-state index contributed by atoms with van der Waals surface area (Å²) in [7, 11) is -3.43. The van der Waals surface area contributed by atoms with E-state index in [1.54, 1.807) is 19.1 Å². The van der Waals surface area contributed by atoms with Gasteiger partial charge in [-0.1, -0.05) is 24.6 Å². The molecule has 1 amide bonds. The first-order chi connectivity index (χ1) is 24.0. The van der Waals surface area contributed by atoms with Gasteiger partial charge in [0.2, 0.25) is 5.88 Å². The number of nitrogens with one attached hydrogen (secondary N) is 1. The number of carbonyl (C=O) groups is 1. The van der Waals surface area contributed by atoms with Crippen LogP contribution in [0, 0.1) is 5.92 Å². The van der Waals surface area contributed by atoms with Crippen molar-refractivity contribution in [1.82, 2.24) is 15.1 Å². The zero-order chi connectivity index (χ0) is 35.7. The number of alkyl halides is 2. The molecule has 274 valence electrons. The van der Waals surface area contributed by atoms with Crippen molar-refractivity contribution in [3.8, 4) is 5.88 Å². The Bertz CT molecular complexity index is 1700. The van der Waals surface area contributed by atoms with Gasteiger partial charge in [0.05, 0.1) is 43.6 Å². The number of rotatable bonds is 16. The monoisotopic (exact) mass is 719 g/mol. The van der Waals surface area contributed by atoms with Gasteiger partial charge in [-0.15, -0.1) is 10.2 Å². The molecular weight excluding hydrogens is 672 g/mol. The molecule has 2 aliphatic rings. The van der Waals surface area contributed by atoms with Crippen molar-refractivity contribution in [3.63, 3.8) is 0 Å². The summed E-state index contributed by atoms with van der Waals surface area (Å²) in [6, 6.07) is 12.0. The minimum absolute atomic E-state index is 0.0409. The van der Waals surface area contributed by atoms with Crippen LogP contribution in [0.15, 0.2) is 42.5 Å². The molecule has 0 radical (unpaired) electrons. The predicted octanol–water partition coefficient (Wildman–Crippen LogP) is 6.43. The lowest BCUT2D eigenvalue weighted by molar-refractivity contribution is -0.0836. The number of nitrogens with zero attached hydrogens (tertiary/aromatic N) is 4. The first kappa shape index (κ1) is 37.4. The standard InChI is InChI=1S/C35H47F2N5O7S/c1-3-50(45,46)49-20-7-5-4-6-19-48-33-31-24-29(41-17-21-47-22-18-41)11-12-30(31)32(39-40-33)38-25(2)26-9-8-10-28(23-26)35(36,37)27-13-15-42(16-14-27)34(43)44/h8-12,23-25,27H,3-7,13-22H2,1-2H3,(H,38,39)(H,43,44)/t25-/m1/s1. The smallest absolute Gasteiger partial charge is 0.407 e. The Hall–Kier alpha value is -3.82. The Balaban J connectivity index is 1.28. The van der Waals surface area contributed by atoms with Crippen molar-refractivity contribution in [3.05, 3.63) is 53.6 Å². The Morgan fingerprint density at radius 2 is 1.74 bits per heavy atom. The lowest BCUT2D eigenvalue weighted by Gasteiger charge is -2.35. The number of hydrogen-bond acceptors (Lipinski definition) is 10. The maximum Gasteiger partial charge on any atom is 0.407 e. The van der Waals surface area contributed by atoms with Crippen LogP contribution in [0.4, 0.5) is 25.1 Å². The highest BCUT2D eigenvalue weighted by molar-refractivity contribution is 7.86. The molecule has 5 rings (SSSR count). The molecule has 2 saturated heterocycles. The maximum atomic E-state index is 15.7. The minimum atomic E-state index is -3.43. The average molecular weight is 720 g/mol. The molecule has 2 fully saturated rings. The van der Waals surface area contributed by atoms with E-state index in [0.717, 1.165) is 48.8 Å². The summed E-state index contributed by atoms with van der Waals surface area (Å²) >= 11 is 0. The number of carboxylic acid groups (broad SMARTS) is 1. The molecule has 2 aromatic carbocycles. The molecular formula is C35H47F2N5O7S. The van der Waals surface area contributed by atoms with Crippen LogP contribution < -0.4 is 15.0 Å². The molecule has 0 spiro atoms. The number of aromatic nitrogens is 2. The molecule has 1 aromatic heterocycles. The first-order valence-electron chi connectivity index (χ1n) is 17.3. The Kier molecular flexibility index (Phi) is 12.7. The second-order valence-corrected chi connectivity index (χ2v) is 14.7. The molecule has 2 aliphatic heterocycles. The van der Waals surface area contributed by atoms with E-state index in [0.29, 0.717) is 43.5 Å². The summed E-state index contributed by atoms with van der Waals surface area (Å²) in [6.45, 7) is 6.97. The molecule has 0 saturated carbocycles. The topological polar surface area (TPSA) is 143 Å². The third kappa shape index (κ3) is 9.49. The van der Waals surface area contributed by atoms with Crippen LogP contribution in [0.1, 0.15) is 69.5 Å². The summed E-state index contributed by atoms with van der Waals surface area (Å²) in [5.74, 6) is -3.21. The van der Waals surface area contributed by atoms with E-state index < -0.39 is 28.1 Å². The number of halogens is 2. The largest absolute Gasteiger partial charge is 0.476 e. The molecule has 15 heteroatoms. The maximum absolute atomic E-state index is 15.7. The first-order valence-corrected chi connectivity index (χ1v) is 18.9. The van der Waals surface area contributed by atoms with Crippen molar-refractivity contribution in [2.45, 2.75) is 64.3 Å². The van der Waals surface area contributed by atoms with Gasteiger partial charge in [-0.05, 0) is 75.8 Å². The van der Waals surface area contributed by atoms with Gasteiger partial charge in [-0.2, -0.15) is 8.42 Å². The summed E-state index contributed by atoms with van der Waals surface area (Å²) < 4.78 is 71.0. The van der Waals surface area contributed by atoms with Gasteiger partial charge in [0, 0.05) is 48.7 Å². The number of unbranched alkanes of at least 4 members (excludes halogenated alkanes) is 3. The van der Waals surface area contributed by atoms with Crippen LogP contribution in [-0.4, -0.2) is 93.1 Å². The van der Waals surface area contributed by atoms with Crippen LogP contribution in [0.3, 0.4) is 0 Å². The number of fused-ring (bicyclic) bond motifs is 1. The third-order valence-corrected chi connectivity index (χ3v) is 10.6. The van der Waals surface area contributed by atoms with Gasteiger partial charge >= 0.3 is 6.09 Å². The lowest BCUT2D eigenvalue weighted by Crippen LogP contribution is -2.41. The number of amides is 1. The summed E-state index contributed by atoms with van der Waals surface area (Å²) in [4.78, 5) is 14.7. The van der Waals surface area contributed by atoms with E-state index in [1.807, 2.05) is 25.1 Å². The highest BCUT2D eigenvalue weighted by Crippen LogP contribution is 2.42. The molecule has 0 unspecified atom stereocenters. The minimum Gasteiger partial charge on any atom is -0.476 e. The Morgan fingerprint density at radius 3 is 2.44 bits per heavy atom. The van der Waals surface area contributed by atoms with Crippen molar-refractivity contribution in [2.24, 2.45) is 5.92 Å². The van der Waals surface area contributed by atoms with Crippen LogP contribution in [0.25, 0.3) is 10.8 Å². The SMILES string of the molecule is CCS(=O)(=O)OCCCCCCOc1nnc(N[C@H](C)c2cccc(C(F)(F)C3CCN(C(=O)O)CC3)c2)c2ccc(N3CCOCC3)cc12. The molecule has 3 aromatic rings. The highest BCUT2D eigenvalue weighted by Gasteiger charge is 2.43. The molecule has 3 heterocycles. The number of hydrogen-bond donors (Lipinski definition) is 2. The highest BCUT2D eigenvalue weighted by atomic mass is 32.2. The fourth-order valence-electron chi connectivity index (χ4n) is 6.32. The van der Waals surface area contributed by atoms with Crippen molar-refractivity contribution in [2.75, 3.05) is 68.6 Å². The van der Waals surface area contributed by atoms with Crippen LogP contribution in [-0.2, 0) is 25.0 Å². The van der Waals surface area contributed by atoms with Crippen molar-refractivity contribution < 1.29 is 40.8 Å². The quantitative estimate of drug-likeness (QED) is 0.125. The van der Waals surface area contributed by atoms with Crippen LogP contribution in [0.5, 0.6) is 5.88 Å². The van der Waals surface area contributed by atoms with E-state index in [1.165, 1.54) is 17.0 Å². The number of ether oxygens (including phenoxy) is 2. The van der Waals surface area contributed by atoms with Crippen LogP contribution >= 0.6 is 0 Å². The fourth-order valence-corrected chi connectivity index (χ4v) is 6.86. The van der Waals surface area contributed by atoms with E-state index >= 15 is 8.78 Å². The van der Waals surface area contributed by atoms with Gasteiger partial charge < -0.3 is 29.7 Å². The zero-order valence-electron chi connectivity index (χ0n) is 28.7. The van der Waals surface area contributed by atoms with Crippen LogP contribution in [0.2, 0.25) is 0 Å². The van der Waals surface area contributed by atoms with Gasteiger partial charge in [0.1, 0.15) is 0 Å². The fraction of sp³-hybridized carbons (Fsp3) is 0.571. The van der Waals surface area contributed by atoms with E-state index in [-0.39, 0.29) is 49.9 Å².